The van der Waals surface area contributed by atoms with Crippen LogP contribution in [0.25, 0.3) is 0 Å². The van der Waals surface area contributed by atoms with Crippen molar-refractivity contribution >= 4 is 5.91 Å². The van der Waals surface area contributed by atoms with Gasteiger partial charge in [-0.25, -0.2) is 0 Å². The molecule has 116 valence electrons. The molecule has 6 heteroatoms. The van der Waals surface area contributed by atoms with Crippen LogP contribution in [-0.2, 0) is 14.3 Å². The predicted octanol–water partition coefficient (Wildman–Crippen LogP) is -0.327. The Labute approximate surface area is 121 Å². The Balaban J connectivity index is 1.63. The average molecular weight is 285 g/mol. The number of nitrogens with two attached hydrogens (primary N) is 1. The number of hydrogen-bond acceptors (Lipinski definition) is 5. The summed E-state index contributed by atoms with van der Waals surface area (Å²) in [5, 5.41) is 0. The Kier molecular flexibility index (Phi) is 6.22. The fourth-order valence-corrected chi connectivity index (χ4v) is 2.68. The van der Waals surface area contributed by atoms with Gasteiger partial charge in [0.25, 0.3) is 0 Å². The second-order valence-electron chi connectivity index (χ2n) is 5.67. The molecule has 0 saturated carbocycles. The number of nitrogens with zero attached hydrogens (tertiary/aromatic N) is 2. The van der Waals surface area contributed by atoms with E-state index in [0.717, 1.165) is 45.8 Å². The van der Waals surface area contributed by atoms with Crippen molar-refractivity contribution in [1.29, 1.82) is 0 Å². The van der Waals surface area contributed by atoms with Gasteiger partial charge in [-0.15, -0.1) is 0 Å². The van der Waals surface area contributed by atoms with Crippen molar-refractivity contribution < 1.29 is 14.3 Å². The number of ether oxygens (including phenoxy) is 2. The first-order valence-corrected chi connectivity index (χ1v) is 7.62. The van der Waals surface area contributed by atoms with Gasteiger partial charge in [-0.2, -0.15) is 0 Å². The fraction of sp³-hybridized carbons (Fsp3) is 0.929. The van der Waals surface area contributed by atoms with E-state index in [1.54, 1.807) is 0 Å². The molecule has 0 spiro atoms. The van der Waals surface area contributed by atoms with E-state index in [1.807, 2.05) is 11.8 Å². The number of amides is 1. The van der Waals surface area contributed by atoms with Crippen molar-refractivity contribution in [2.45, 2.75) is 31.9 Å². The zero-order chi connectivity index (χ0) is 14.4. The molecule has 6 nitrogen and oxygen atoms in total. The molecule has 2 unspecified atom stereocenters. The highest BCUT2D eigenvalue weighted by Crippen LogP contribution is 2.09. The van der Waals surface area contributed by atoms with Crippen LogP contribution in [0.2, 0.25) is 0 Å². The summed E-state index contributed by atoms with van der Waals surface area (Å²) in [4.78, 5) is 16.3. The van der Waals surface area contributed by atoms with Crippen LogP contribution in [0.1, 0.15) is 19.8 Å². The summed E-state index contributed by atoms with van der Waals surface area (Å²) in [7, 11) is 0. The molecular weight excluding hydrogens is 258 g/mol. The standard InChI is InChI=1S/C14H27N3O3/c1-12(15)13-11-16(5-10-20-13)4-2-3-14(18)17-6-8-19-9-7-17/h12-13H,2-11,15H2,1H3. The minimum absolute atomic E-state index is 0.0628. The smallest absolute Gasteiger partial charge is 0.222 e. The number of morpholine rings is 2. The van der Waals surface area contributed by atoms with Gasteiger partial charge in [-0.3, -0.25) is 9.69 Å². The first kappa shape index (κ1) is 15.7. The molecule has 1 amide bonds. The maximum atomic E-state index is 12.0. The number of carbonyl (C=O) groups is 1. The molecule has 2 rings (SSSR count). The Morgan fingerprint density at radius 2 is 2.05 bits per heavy atom. The highest BCUT2D eigenvalue weighted by molar-refractivity contribution is 5.76. The maximum absolute atomic E-state index is 12.0. The summed E-state index contributed by atoms with van der Waals surface area (Å²) < 4.78 is 10.9. The van der Waals surface area contributed by atoms with Crippen LogP contribution in [0.5, 0.6) is 0 Å². The monoisotopic (exact) mass is 285 g/mol. The van der Waals surface area contributed by atoms with Crippen molar-refractivity contribution in [2.75, 3.05) is 52.5 Å². The quantitative estimate of drug-likeness (QED) is 0.749. The number of hydrogen-bond donors (Lipinski definition) is 1. The van der Waals surface area contributed by atoms with Crippen LogP contribution in [0, 0.1) is 0 Å². The Bertz CT molecular complexity index is 306. The second-order valence-corrected chi connectivity index (χ2v) is 5.67. The SMILES string of the molecule is CC(N)C1CN(CCCC(=O)N2CCOCC2)CCO1. The molecule has 2 saturated heterocycles. The van der Waals surface area contributed by atoms with Crippen LogP contribution in [0.15, 0.2) is 0 Å². The molecule has 2 aliphatic heterocycles. The lowest BCUT2D eigenvalue weighted by Gasteiger charge is -2.34. The Morgan fingerprint density at radius 1 is 1.30 bits per heavy atom. The zero-order valence-electron chi connectivity index (χ0n) is 12.4. The summed E-state index contributed by atoms with van der Waals surface area (Å²) in [6, 6.07) is 0.0628. The maximum Gasteiger partial charge on any atom is 0.222 e. The van der Waals surface area contributed by atoms with Gasteiger partial charge < -0.3 is 20.1 Å². The number of carbonyl (C=O) groups excluding carboxylic acids is 1. The molecule has 0 aromatic carbocycles. The van der Waals surface area contributed by atoms with Crippen LogP contribution in [0.3, 0.4) is 0 Å². The molecule has 2 aliphatic rings. The van der Waals surface area contributed by atoms with Crippen LogP contribution in [-0.4, -0.2) is 80.4 Å². The summed E-state index contributed by atoms with van der Waals surface area (Å²) in [5.41, 5.74) is 5.88. The van der Waals surface area contributed by atoms with Crippen molar-refractivity contribution in [2.24, 2.45) is 5.73 Å². The van der Waals surface area contributed by atoms with Crippen molar-refractivity contribution in [1.82, 2.24) is 9.80 Å². The molecular formula is C14H27N3O3. The molecule has 0 aromatic heterocycles. The van der Waals surface area contributed by atoms with E-state index in [0.29, 0.717) is 19.6 Å². The van der Waals surface area contributed by atoms with E-state index in [-0.39, 0.29) is 18.1 Å². The van der Waals surface area contributed by atoms with Gasteiger partial charge in [0.15, 0.2) is 0 Å². The molecule has 0 aliphatic carbocycles. The first-order valence-electron chi connectivity index (χ1n) is 7.62. The van der Waals surface area contributed by atoms with E-state index in [4.69, 9.17) is 15.2 Å². The van der Waals surface area contributed by atoms with Gasteiger partial charge in [0.05, 0.1) is 25.9 Å². The molecule has 2 heterocycles. The van der Waals surface area contributed by atoms with E-state index in [9.17, 15) is 4.79 Å². The van der Waals surface area contributed by atoms with E-state index < -0.39 is 0 Å². The van der Waals surface area contributed by atoms with Gasteiger partial charge in [0, 0.05) is 38.6 Å². The zero-order valence-corrected chi connectivity index (χ0v) is 12.4. The fourth-order valence-electron chi connectivity index (χ4n) is 2.68. The third-order valence-corrected chi connectivity index (χ3v) is 3.99. The van der Waals surface area contributed by atoms with Crippen LogP contribution < -0.4 is 5.73 Å². The van der Waals surface area contributed by atoms with Gasteiger partial charge in [0.1, 0.15) is 0 Å². The summed E-state index contributed by atoms with van der Waals surface area (Å²) >= 11 is 0. The molecule has 0 aromatic rings. The highest BCUT2D eigenvalue weighted by atomic mass is 16.5. The first-order chi connectivity index (χ1) is 9.66. The van der Waals surface area contributed by atoms with E-state index >= 15 is 0 Å². The van der Waals surface area contributed by atoms with Crippen molar-refractivity contribution in [3.05, 3.63) is 0 Å². The Morgan fingerprint density at radius 3 is 2.75 bits per heavy atom. The predicted molar refractivity (Wildman–Crippen MR) is 76.5 cm³/mol. The molecule has 0 bridgehead atoms. The third kappa shape index (κ3) is 4.70. The molecule has 20 heavy (non-hydrogen) atoms. The third-order valence-electron chi connectivity index (χ3n) is 3.99. The molecule has 2 N–H and O–H groups in total. The minimum Gasteiger partial charge on any atom is -0.378 e. The van der Waals surface area contributed by atoms with E-state index in [1.165, 1.54) is 0 Å². The molecule has 2 fully saturated rings. The van der Waals surface area contributed by atoms with E-state index in [2.05, 4.69) is 4.90 Å². The number of rotatable bonds is 5. The lowest BCUT2D eigenvalue weighted by atomic mass is 10.1. The van der Waals surface area contributed by atoms with Crippen molar-refractivity contribution in [3.63, 3.8) is 0 Å². The topological polar surface area (TPSA) is 68.0 Å². The summed E-state index contributed by atoms with van der Waals surface area (Å²) in [6.07, 6.45) is 1.65. The lowest BCUT2D eigenvalue weighted by molar-refractivity contribution is -0.135. The lowest BCUT2D eigenvalue weighted by Crippen LogP contribution is -2.49. The van der Waals surface area contributed by atoms with Crippen LogP contribution in [0.4, 0.5) is 0 Å². The molecule has 0 radical (unpaired) electrons. The normalized spacial score (nSPS) is 26.5. The van der Waals surface area contributed by atoms with Crippen LogP contribution >= 0.6 is 0 Å². The van der Waals surface area contributed by atoms with Gasteiger partial charge in [-0.1, -0.05) is 0 Å². The highest BCUT2D eigenvalue weighted by Gasteiger charge is 2.23. The largest absolute Gasteiger partial charge is 0.378 e. The van der Waals surface area contributed by atoms with Gasteiger partial charge in [0.2, 0.25) is 5.91 Å². The van der Waals surface area contributed by atoms with Gasteiger partial charge >= 0.3 is 0 Å². The van der Waals surface area contributed by atoms with Gasteiger partial charge in [-0.05, 0) is 19.9 Å². The summed E-state index contributed by atoms with van der Waals surface area (Å²) in [5.74, 6) is 0.255. The van der Waals surface area contributed by atoms with Crippen molar-refractivity contribution in [3.8, 4) is 0 Å². The minimum atomic E-state index is 0.0628. The second kappa shape index (κ2) is 7.93. The summed E-state index contributed by atoms with van der Waals surface area (Å²) in [6.45, 7) is 8.31. The molecule has 2 atom stereocenters. The Hall–Kier alpha value is -0.690. The average Bonchev–Trinajstić information content (AvgIpc) is 2.48.